The van der Waals surface area contributed by atoms with Gasteiger partial charge in [0.1, 0.15) is 0 Å². The number of benzene rings is 1. The molecule has 1 aliphatic rings. The highest BCUT2D eigenvalue weighted by Crippen LogP contribution is 2.08. The number of rotatable bonds is 5. The third-order valence-corrected chi connectivity index (χ3v) is 3.80. The first-order valence-corrected chi connectivity index (χ1v) is 7.39. The Morgan fingerprint density at radius 1 is 1.06 bits per heavy atom. The summed E-state index contributed by atoms with van der Waals surface area (Å²) in [6.07, 6.45) is 4.94. The van der Waals surface area contributed by atoms with Gasteiger partial charge < -0.3 is 10.2 Å². The summed E-state index contributed by atoms with van der Waals surface area (Å²) in [7, 11) is 0. The summed E-state index contributed by atoms with van der Waals surface area (Å²) in [4.78, 5) is 2.60. The van der Waals surface area contributed by atoms with Gasteiger partial charge in [0.2, 0.25) is 0 Å². The van der Waals surface area contributed by atoms with E-state index in [1.54, 1.807) is 0 Å². The van der Waals surface area contributed by atoms with E-state index < -0.39 is 0 Å². The zero-order valence-electron chi connectivity index (χ0n) is 11.6. The Kier molecular flexibility index (Phi) is 5.69. The largest absolute Gasteiger partial charge is 0.315 e. The Balaban J connectivity index is 1.70. The maximum Gasteiger partial charge on any atom is 0.0107 e. The highest BCUT2D eigenvalue weighted by atomic mass is 15.1. The van der Waals surface area contributed by atoms with Gasteiger partial charge in [-0.1, -0.05) is 31.2 Å². The predicted octanol–water partition coefficient (Wildman–Crippen LogP) is 2.48. The van der Waals surface area contributed by atoms with Crippen molar-refractivity contribution in [1.82, 2.24) is 10.2 Å². The molecule has 2 rings (SSSR count). The van der Waals surface area contributed by atoms with E-state index in [1.807, 2.05) is 0 Å². The summed E-state index contributed by atoms with van der Waals surface area (Å²) >= 11 is 0. The normalized spacial score (nSPS) is 17.6. The average Bonchev–Trinajstić information content (AvgIpc) is 2.68. The quantitative estimate of drug-likeness (QED) is 0.858. The van der Waals surface area contributed by atoms with Gasteiger partial charge in [0.05, 0.1) is 0 Å². The molecule has 1 aliphatic heterocycles. The standard InChI is InChI=1S/C16H26N2/c1-2-15-6-8-16(9-7-15)5-3-12-18-13-4-10-17-11-14-18/h6-9,17H,2-5,10-14H2,1H3. The SMILES string of the molecule is CCc1ccc(CCCN2CCCNCC2)cc1. The molecule has 1 aromatic carbocycles. The molecule has 0 unspecified atom stereocenters. The van der Waals surface area contributed by atoms with Crippen molar-refractivity contribution in [3.63, 3.8) is 0 Å². The minimum absolute atomic E-state index is 1.14. The van der Waals surface area contributed by atoms with Crippen LogP contribution in [0.5, 0.6) is 0 Å². The minimum Gasteiger partial charge on any atom is -0.315 e. The number of nitrogens with one attached hydrogen (secondary N) is 1. The van der Waals surface area contributed by atoms with Gasteiger partial charge in [-0.25, -0.2) is 0 Å². The third-order valence-electron chi connectivity index (χ3n) is 3.80. The van der Waals surface area contributed by atoms with E-state index in [0.717, 1.165) is 13.0 Å². The summed E-state index contributed by atoms with van der Waals surface area (Å²) in [6.45, 7) is 8.29. The van der Waals surface area contributed by atoms with Crippen molar-refractivity contribution < 1.29 is 0 Å². The number of aryl methyl sites for hydroxylation is 2. The molecular formula is C16H26N2. The van der Waals surface area contributed by atoms with Crippen LogP contribution in [-0.2, 0) is 12.8 Å². The summed E-state index contributed by atoms with van der Waals surface area (Å²) in [5.41, 5.74) is 2.93. The van der Waals surface area contributed by atoms with E-state index in [-0.39, 0.29) is 0 Å². The average molecular weight is 246 g/mol. The summed E-state index contributed by atoms with van der Waals surface area (Å²) < 4.78 is 0. The maximum absolute atomic E-state index is 3.46. The molecule has 0 saturated carbocycles. The smallest absolute Gasteiger partial charge is 0.0107 e. The van der Waals surface area contributed by atoms with Crippen molar-refractivity contribution in [1.29, 1.82) is 0 Å². The Morgan fingerprint density at radius 3 is 2.61 bits per heavy atom. The molecular weight excluding hydrogens is 220 g/mol. The van der Waals surface area contributed by atoms with Crippen molar-refractivity contribution in [3.8, 4) is 0 Å². The molecule has 1 fully saturated rings. The highest BCUT2D eigenvalue weighted by molar-refractivity contribution is 5.22. The van der Waals surface area contributed by atoms with Crippen molar-refractivity contribution in [2.75, 3.05) is 32.7 Å². The first kappa shape index (κ1) is 13.6. The second-order valence-electron chi connectivity index (χ2n) is 5.22. The first-order chi connectivity index (χ1) is 8.88. The van der Waals surface area contributed by atoms with Gasteiger partial charge >= 0.3 is 0 Å². The fourth-order valence-corrected chi connectivity index (χ4v) is 2.57. The lowest BCUT2D eigenvalue weighted by Gasteiger charge is -2.19. The van der Waals surface area contributed by atoms with E-state index in [4.69, 9.17) is 0 Å². The van der Waals surface area contributed by atoms with E-state index in [9.17, 15) is 0 Å². The lowest BCUT2D eigenvalue weighted by atomic mass is 10.1. The van der Waals surface area contributed by atoms with Crippen molar-refractivity contribution in [2.24, 2.45) is 0 Å². The van der Waals surface area contributed by atoms with E-state index >= 15 is 0 Å². The Bertz CT molecular complexity index is 323. The highest BCUT2D eigenvalue weighted by Gasteiger charge is 2.07. The molecule has 0 amide bonds. The van der Waals surface area contributed by atoms with Crippen molar-refractivity contribution in [2.45, 2.75) is 32.6 Å². The molecule has 1 aromatic rings. The van der Waals surface area contributed by atoms with Crippen LogP contribution in [0.25, 0.3) is 0 Å². The molecule has 0 radical (unpaired) electrons. The number of hydrogen-bond acceptors (Lipinski definition) is 2. The molecule has 1 heterocycles. The molecule has 0 aromatic heterocycles. The second-order valence-corrected chi connectivity index (χ2v) is 5.22. The topological polar surface area (TPSA) is 15.3 Å². The third kappa shape index (κ3) is 4.43. The molecule has 2 nitrogen and oxygen atoms in total. The summed E-state index contributed by atoms with van der Waals surface area (Å²) in [5, 5.41) is 3.46. The first-order valence-electron chi connectivity index (χ1n) is 7.39. The Morgan fingerprint density at radius 2 is 1.83 bits per heavy atom. The molecule has 0 bridgehead atoms. The van der Waals surface area contributed by atoms with Crippen LogP contribution in [0.1, 0.15) is 30.9 Å². The van der Waals surface area contributed by atoms with Gasteiger partial charge in [-0.3, -0.25) is 0 Å². The Hall–Kier alpha value is -0.860. The molecule has 0 aliphatic carbocycles. The molecule has 1 saturated heterocycles. The van der Waals surface area contributed by atoms with Crippen molar-refractivity contribution in [3.05, 3.63) is 35.4 Å². The molecule has 0 atom stereocenters. The number of nitrogens with zero attached hydrogens (tertiary/aromatic N) is 1. The number of hydrogen-bond donors (Lipinski definition) is 1. The van der Waals surface area contributed by atoms with Gasteiger partial charge in [-0.15, -0.1) is 0 Å². The minimum atomic E-state index is 1.14. The molecule has 1 N–H and O–H groups in total. The summed E-state index contributed by atoms with van der Waals surface area (Å²) in [5.74, 6) is 0. The fourth-order valence-electron chi connectivity index (χ4n) is 2.57. The second kappa shape index (κ2) is 7.55. The van der Waals surface area contributed by atoms with Crippen LogP contribution >= 0.6 is 0 Å². The van der Waals surface area contributed by atoms with Crippen LogP contribution in [0.4, 0.5) is 0 Å². The van der Waals surface area contributed by atoms with E-state index in [2.05, 4.69) is 41.4 Å². The fraction of sp³-hybridized carbons (Fsp3) is 0.625. The van der Waals surface area contributed by atoms with Crippen LogP contribution in [0, 0.1) is 0 Å². The van der Waals surface area contributed by atoms with E-state index in [1.165, 1.54) is 56.6 Å². The van der Waals surface area contributed by atoms with Crippen LogP contribution in [-0.4, -0.2) is 37.6 Å². The van der Waals surface area contributed by atoms with Gasteiger partial charge in [-0.05, 0) is 56.4 Å². The van der Waals surface area contributed by atoms with Crippen molar-refractivity contribution >= 4 is 0 Å². The monoisotopic (exact) mass is 246 g/mol. The van der Waals surface area contributed by atoms with Crippen LogP contribution < -0.4 is 5.32 Å². The lowest BCUT2D eigenvalue weighted by Crippen LogP contribution is -2.29. The van der Waals surface area contributed by atoms with Gasteiger partial charge in [-0.2, -0.15) is 0 Å². The zero-order chi connectivity index (χ0) is 12.6. The van der Waals surface area contributed by atoms with Gasteiger partial charge in [0, 0.05) is 13.1 Å². The lowest BCUT2D eigenvalue weighted by molar-refractivity contribution is 0.289. The molecule has 0 spiro atoms. The molecule has 100 valence electrons. The Labute approximate surface area is 111 Å². The van der Waals surface area contributed by atoms with Crippen LogP contribution in [0.3, 0.4) is 0 Å². The van der Waals surface area contributed by atoms with E-state index in [0.29, 0.717) is 0 Å². The van der Waals surface area contributed by atoms with Gasteiger partial charge in [0.15, 0.2) is 0 Å². The van der Waals surface area contributed by atoms with Gasteiger partial charge in [0.25, 0.3) is 0 Å². The summed E-state index contributed by atoms with van der Waals surface area (Å²) in [6, 6.07) is 9.13. The van der Waals surface area contributed by atoms with Crippen LogP contribution in [0.15, 0.2) is 24.3 Å². The molecule has 2 heteroatoms. The predicted molar refractivity (Wildman–Crippen MR) is 78.1 cm³/mol. The maximum atomic E-state index is 3.46. The zero-order valence-corrected chi connectivity index (χ0v) is 11.6. The van der Waals surface area contributed by atoms with Crippen LogP contribution in [0.2, 0.25) is 0 Å². The molecule has 18 heavy (non-hydrogen) atoms.